The molecule has 3 aromatic rings. The Bertz CT molecular complexity index is 1220. The molecule has 1 saturated heterocycles. The molecule has 0 saturated carbocycles. The summed E-state index contributed by atoms with van der Waals surface area (Å²) in [5.74, 6) is -1.16. The molecule has 1 atom stereocenters. The van der Waals surface area contributed by atoms with Crippen LogP contribution in [0.4, 0.5) is 0 Å². The summed E-state index contributed by atoms with van der Waals surface area (Å²) in [4.78, 5) is 46.8. The van der Waals surface area contributed by atoms with Crippen LogP contribution in [-0.2, 0) is 27.4 Å². The highest BCUT2D eigenvalue weighted by atomic mass is 16.5. The second-order valence-electron chi connectivity index (χ2n) is 7.72. The zero-order valence-corrected chi connectivity index (χ0v) is 18.0. The van der Waals surface area contributed by atoms with Crippen molar-refractivity contribution in [3.8, 4) is 11.4 Å². The summed E-state index contributed by atoms with van der Waals surface area (Å²) in [6.45, 7) is 4.28. The molecular formula is C22H25N5O5. The van der Waals surface area contributed by atoms with Gasteiger partial charge in [-0.2, -0.15) is 0 Å². The number of aromatic nitrogens is 4. The Hall–Kier alpha value is -3.53. The lowest BCUT2D eigenvalue weighted by molar-refractivity contribution is -0.143. The fraction of sp³-hybridized carbons (Fsp3) is 0.409. The van der Waals surface area contributed by atoms with Crippen LogP contribution in [0.2, 0.25) is 0 Å². The van der Waals surface area contributed by atoms with Crippen LogP contribution in [-0.4, -0.2) is 50.3 Å². The van der Waals surface area contributed by atoms with Gasteiger partial charge in [-0.15, -0.1) is 0 Å². The van der Waals surface area contributed by atoms with Crippen LogP contribution in [0.1, 0.15) is 35.8 Å². The maximum atomic E-state index is 13.3. The number of hydrogen-bond acceptors (Lipinski definition) is 7. The summed E-state index contributed by atoms with van der Waals surface area (Å²) in [5, 5.41) is 0. The van der Waals surface area contributed by atoms with Crippen LogP contribution in [0.15, 0.2) is 29.1 Å². The first-order chi connectivity index (χ1) is 15.4. The molecule has 0 bridgehead atoms. The van der Waals surface area contributed by atoms with Gasteiger partial charge in [-0.3, -0.25) is 18.7 Å². The van der Waals surface area contributed by atoms with Crippen molar-refractivity contribution in [3.63, 3.8) is 0 Å². The number of carbonyl (C=O) groups excluding carboxylic acids is 2. The van der Waals surface area contributed by atoms with Gasteiger partial charge in [-0.1, -0.05) is 29.8 Å². The predicted molar refractivity (Wildman–Crippen MR) is 116 cm³/mol. The number of carbonyl (C=O) groups is 2. The molecule has 1 aliphatic heterocycles. The van der Waals surface area contributed by atoms with E-state index in [1.54, 1.807) is 6.92 Å². The monoisotopic (exact) mass is 439 g/mol. The smallest absolute Gasteiger partial charge is 0.331 e. The number of hydrogen-bond donors (Lipinski definition) is 1. The van der Waals surface area contributed by atoms with Crippen molar-refractivity contribution < 1.29 is 19.1 Å². The van der Waals surface area contributed by atoms with Crippen LogP contribution >= 0.6 is 0 Å². The zero-order valence-electron chi connectivity index (χ0n) is 18.0. The molecule has 3 heterocycles. The third kappa shape index (κ3) is 4.13. The van der Waals surface area contributed by atoms with Gasteiger partial charge in [0.05, 0.1) is 19.3 Å². The van der Waals surface area contributed by atoms with Crippen molar-refractivity contribution >= 4 is 23.0 Å². The zero-order chi connectivity index (χ0) is 22.8. The highest BCUT2D eigenvalue weighted by Crippen LogP contribution is 2.23. The Morgan fingerprint density at radius 3 is 2.59 bits per heavy atom. The molecule has 10 nitrogen and oxygen atoms in total. The van der Waals surface area contributed by atoms with Gasteiger partial charge in [0.15, 0.2) is 17.2 Å². The Kier molecular flexibility index (Phi) is 6.04. The van der Waals surface area contributed by atoms with Gasteiger partial charge >= 0.3 is 11.7 Å². The van der Waals surface area contributed by atoms with Gasteiger partial charge in [-0.25, -0.2) is 14.8 Å². The number of nitrogens with two attached hydrogens (primary N) is 1. The van der Waals surface area contributed by atoms with E-state index in [1.807, 2.05) is 31.2 Å². The molecule has 0 aliphatic carbocycles. The molecule has 10 heteroatoms. The molecule has 1 unspecified atom stereocenters. The molecule has 0 spiro atoms. The topological polar surface area (TPSA) is 131 Å². The van der Waals surface area contributed by atoms with Gasteiger partial charge in [0, 0.05) is 12.2 Å². The average molecular weight is 439 g/mol. The molecule has 2 N–H and O–H groups in total. The number of amides is 1. The SMILES string of the molecule is CCOC(=O)Cn1c(=O)n(CC2CCCO2)c2nc(-c3ccc(C)cc3)nc(C(N)=O)c21. The third-order valence-electron chi connectivity index (χ3n) is 5.40. The maximum Gasteiger partial charge on any atom is 0.331 e. The molecule has 1 amide bonds. The molecule has 4 rings (SSSR count). The lowest BCUT2D eigenvalue weighted by Crippen LogP contribution is -2.31. The number of nitrogens with zero attached hydrogens (tertiary/aromatic N) is 4. The van der Waals surface area contributed by atoms with E-state index in [-0.39, 0.29) is 48.5 Å². The van der Waals surface area contributed by atoms with E-state index in [9.17, 15) is 14.4 Å². The first-order valence-electron chi connectivity index (χ1n) is 10.5. The maximum absolute atomic E-state index is 13.3. The number of esters is 1. The molecule has 1 aromatic carbocycles. The van der Waals surface area contributed by atoms with E-state index < -0.39 is 17.6 Å². The molecule has 1 fully saturated rings. The number of aryl methyl sites for hydroxylation is 1. The van der Waals surface area contributed by atoms with Gasteiger partial charge in [0.25, 0.3) is 5.91 Å². The third-order valence-corrected chi connectivity index (χ3v) is 5.40. The van der Waals surface area contributed by atoms with Crippen molar-refractivity contribution in [1.29, 1.82) is 0 Å². The largest absolute Gasteiger partial charge is 0.465 e. The molecular weight excluding hydrogens is 414 g/mol. The minimum Gasteiger partial charge on any atom is -0.465 e. The first kappa shape index (κ1) is 21.7. The number of imidazole rings is 1. The molecule has 0 radical (unpaired) electrons. The number of fused-ring (bicyclic) bond motifs is 1. The van der Waals surface area contributed by atoms with Crippen LogP contribution in [0.25, 0.3) is 22.6 Å². The van der Waals surface area contributed by atoms with E-state index in [0.29, 0.717) is 12.2 Å². The predicted octanol–water partition coefficient (Wildman–Crippen LogP) is 1.41. The summed E-state index contributed by atoms with van der Waals surface area (Å²) in [6.07, 6.45) is 1.54. The minimum atomic E-state index is -0.822. The van der Waals surface area contributed by atoms with Crippen molar-refractivity contribution in [2.24, 2.45) is 5.73 Å². The lowest BCUT2D eigenvalue weighted by Gasteiger charge is -2.10. The second-order valence-corrected chi connectivity index (χ2v) is 7.72. The fourth-order valence-electron chi connectivity index (χ4n) is 3.85. The molecule has 168 valence electrons. The van der Waals surface area contributed by atoms with Gasteiger partial charge in [-0.05, 0) is 26.7 Å². The number of ether oxygens (including phenoxy) is 2. The normalized spacial score (nSPS) is 15.9. The average Bonchev–Trinajstić information content (AvgIpc) is 3.36. The molecule has 1 aliphatic rings. The summed E-state index contributed by atoms with van der Waals surface area (Å²) < 4.78 is 13.3. The summed E-state index contributed by atoms with van der Waals surface area (Å²) in [6, 6.07) is 7.47. The van der Waals surface area contributed by atoms with E-state index in [1.165, 1.54) is 4.57 Å². The number of benzene rings is 1. The van der Waals surface area contributed by atoms with Gasteiger partial charge in [0.2, 0.25) is 0 Å². The van der Waals surface area contributed by atoms with Crippen molar-refractivity contribution in [1.82, 2.24) is 19.1 Å². The minimum absolute atomic E-state index is 0.115. The highest BCUT2D eigenvalue weighted by molar-refractivity contribution is 6.02. The summed E-state index contributed by atoms with van der Waals surface area (Å²) >= 11 is 0. The molecule has 32 heavy (non-hydrogen) atoms. The van der Waals surface area contributed by atoms with Crippen LogP contribution in [0, 0.1) is 6.92 Å². The van der Waals surface area contributed by atoms with Gasteiger partial charge in [0.1, 0.15) is 12.1 Å². The van der Waals surface area contributed by atoms with E-state index in [2.05, 4.69) is 9.97 Å². The van der Waals surface area contributed by atoms with Gasteiger partial charge < -0.3 is 15.2 Å². The van der Waals surface area contributed by atoms with Crippen LogP contribution < -0.4 is 11.4 Å². The Morgan fingerprint density at radius 1 is 1.22 bits per heavy atom. The van der Waals surface area contributed by atoms with Crippen molar-refractivity contribution in [2.45, 2.75) is 45.9 Å². The standard InChI is InChI=1S/C22H25N5O5/c1-3-31-16(28)12-26-18-17(19(23)29)24-20(14-8-6-13(2)7-9-14)25-21(18)27(22(26)30)11-15-5-4-10-32-15/h6-9,15H,3-5,10-12H2,1-2H3,(H2,23,29). The Morgan fingerprint density at radius 2 is 1.97 bits per heavy atom. The second kappa shape index (κ2) is 8.91. The number of primary amides is 1. The first-order valence-corrected chi connectivity index (χ1v) is 10.5. The summed E-state index contributed by atoms with van der Waals surface area (Å²) in [5.41, 5.74) is 7.09. The van der Waals surface area contributed by atoms with E-state index >= 15 is 0 Å². The highest BCUT2D eigenvalue weighted by Gasteiger charge is 2.27. The fourth-order valence-corrected chi connectivity index (χ4v) is 3.85. The Labute approximate surface area is 184 Å². The molecule has 2 aromatic heterocycles. The Balaban J connectivity index is 1.95. The van der Waals surface area contributed by atoms with Crippen molar-refractivity contribution in [3.05, 3.63) is 46.0 Å². The number of rotatable bonds is 7. The van der Waals surface area contributed by atoms with Crippen LogP contribution in [0.3, 0.4) is 0 Å². The lowest BCUT2D eigenvalue weighted by atomic mass is 10.1. The summed E-state index contributed by atoms with van der Waals surface area (Å²) in [7, 11) is 0. The van der Waals surface area contributed by atoms with E-state index in [0.717, 1.165) is 23.0 Å². The van der Waals surface area contributed by atoms with E-state index in [4.69, 9.17) is 15.2 Å². The van der Waals surface area contributed by atoms with Crippen LogP contribution in [0.5, 0.6) is 0 Å². The quantitative estimate of drug-likeness (QED) is 0.551. The van der Waals surface area contributed by atoms with Crippen molar-refractivity contribution in [2.75, 3.05) is 13.2 Å².